The van der Waals surface area contributed by atoms with Gasteiger partial charge in [-0.15, -0.1) is 0 Å². The molecule has 0 saturated carbocycles. The van der Waals surface area contributed by atoms with Crippen LogP contribution in [0.5, 0.6) is 5.88 Å². The Morgan fingerprint density at radius 1 is 1.15 bits per heavy atom. The summed E-state index contributed by atoms with van der Waals surface area (Å²) < 4.78 is 31.2. The van der Waals surface area contributed by atoms with Crippen molar-refractivity contribution in [2.45, 2.75) is 52.0 Å². The number of carbonyl (C=O) groups excluding carboxylic acids is 2. The van der Waals surface area contributed by atoms with Crippen LogP contribution in [0.15, 0.2) is 36.4 Å². The summed E-state index contributed by atoms with van der Waals surface area (Å²) in [6.07, 6.45) is -1.50. The van der Waals surface area contributed by atoms with Gasteiger partial charge in [0, 0.05) is 31.7 Å². The van der Waals surface area contributed by atoms with E-state index in [1.807, 2.05) is 24.3 Å². The van der Waals surface area contributed by atoms with E-state index in [9.17, 15) is 18.4 Å². The number of pyridine rings is 1. The van der Waals surface area contributed by atoms with Gasteiger partial charge in [-0.25, -0.2) is 18.6 Å². The highest BCUT2D eigenvalue weighted by atomic mass is 19.3. The van der Waals surface area contributed by atoms with Gasteiger partial charge >= 0.3 is 6.03 Å². The SMILES string of the molecule is COc1nc(C(F)F)ccc1NC(=O)N(c1ccccc1C(C)C)C1CCN(C(C)=O)CC1. The summed E-state index contributed by atoms with van der Waals surface area (Å²) in [5.74, 6) is 0.113. The van der Waals surface area contributed by atoms with Crippen molar-refractivity contribution in [1.29, 1.82) is 0 Å². The smallest absolute Gasteiger partial charge is 0.326 e. The number of piperidine rings is 1. The number of carbonyl (C=O) groups is 2. The second kappa shape index (κ2) is 10.6. The van der Waals surface area contributed by atoms with E-state index in [1.54, 1.807) is 16.7 Å². The molecule has 1 fully saturated rings. The van der Waals surface area contributed by atoms with Gasteiger partial charge in [0.25, 0.3) is 6.43 Å². The van der Waals surface area contributed by atoms with E-state index in [0.29, 0.717) is 25.9 Å². The number of nitrogens with one attached hydrogen (secondary N) is 1. The Kier molecular flexibility index (Phi) is 7.84. The number of amides is 3. The highest BCUT2D eigenvalue weighted by molar-refractivity contribution is 6.03. The molecule has 1 aromatic heterocycles. The summed E-state index contributed by atoms with van der Waals surface area (Å²) in [5.41, 5.74) is 1.57. The number of ether oxygens (including phenoxy) is 1. The Labute approximate surface area is 192 Å². The summed E-state index contributed by atoms with van der Waals surface area (Å²) in [6, 6.07) is 9.70. The van der Waals surface area contributed by atoms with Crippen LogP contribution in [0.4, 0.5) is 25.0 Å². The second-order valence-corrected chi connectivity index (χ2v) is 8.34. The first-order valence-electron chi connectivity index (χ1n) is 11.0. The summed E-state index contributed by atoms with van der Waals surface area (Å²) in [5, 5.41) is 2.80. The van der Waals surface area contributed by atoms with Gasteiger partial charge in [-0.1, -0.05) is 32.0 Å². The maximum Gasteiger partial charge on any atom is 0.326 e. The lowest BCUT2D eigenvalue weighted by Gasteiger charge is -2.39. The number of aromatic nitrogens is 1. The van der Waals surface area contributed by atoms with Crippen LogP contribution in [0.2, 0.25) is 0 Å². The minimum Gasteiger partial charge on any atom is -0.480 e. The highest BCUT2D eigenvalue weighted by Crippen LogP contribution is 2.33. The number of rotatable bonds is 6. The zero-order chi connectivity index (χ0) is 24.1. The van der Waals surface area contributed by atoms with Crippen LogP contribution in [0, 0.1) is 0 Å². The highest BCUT2D eigenvalue weighted by Gasteiger charge is 2.32. The molecule has 0 radical (unpaired) electrons. The van der Waals surface area contributed by atoms with Crippen molar-refractivity contribution >= 4 is 23.3 Å². The number of methoxy groups -OCH3 is 1. The third-order valence-electron chi connectivity index (χ3n) is 5.85. The van der Waals surface area contributed by atoms with Crippen molar-refractivity contribution in [3.8, 4) is 5.88 Å². The van der Waals surface area contributed by atoms with Crippen LogP contribution in [0.25, 0.3) is 0 Å². The molecule has 0 spiro atoms. The molecule has 1 N–H and O–H groups in total. The monoisotopic (exact) mass is 460 g/mol. The number of nitrogens with zero attached hydrogens (tertiary/aromatic N) is 3. The minimum absolute atomic E-state index is 0.0157. The number of hydrogen-bond donors (Lipinski definition) is 1. The lowest BCUT2D eigenvalue weighted by molar-refractivity contribution is -0.129. The summed E-state index contributed by atoms with van der Waals surface area (Å²) in [6.45, 7) is 6.77. The van der Waals surface area contributed by atoms with Crippen molar-refractivity contribution < 1.29 is 23.1 Å². The van der Waals surface area contributed by atoms with Crippen molar-refractivity contribution in [2.24, 2.45) is 0 Å². The number of halogens is 2. The van der Waals surface area contributed by atoms with E-state index < -0.39 is 18.2 Å². The van der Waals surface area contributed by atoms with Crippen molar-refractivity contribution in [3.63, 3.8) is 0 Å². The number of urea groups is 1. The molecule has 3 amide bonds. The minimum atomic E-state index is -2.75. The molecule has 0 atom stereocenters. The first kappa shape index (κ1) is 24.4. The van der Waals surface area contributed by atoms with Gasteiger partial charge in [0.1, 0.15) is 11.4 Å². The molecule has 1 aromatic carbocycles. The van der Waals surface area contributed by atoms with Crippen LogP contribution < -0.4 is 15.0 Å². The van der Waals surface area contributed by atoms with Crippen molar-refractivity contribution in [1.82, 2.24) is 9.88 Å². The molecular weight excluding hydrogens is 430 g/mol. The lowest BCUT2D eigenvalue weighted by atomic mass is 9.97. The number of benzene rings is 1. The molecule has 9 heteroatoms. The predicted octanol–water partition coefficient (Wildman–Crippen LogP) is 5.20. The lowest BCUT2D eigenvalue weighted by Crippen LogP contribution is -2.50. The van der Waals surface area contributed by atoms with E-state index >= 15 is 0 Å². The van der Waals surface area contributed by atoms with E-state index in [0.717, 1.165) is 11.3 Å². The molecule has 178 valence electrons. The molecule has 1 aliphatic heterocycles. The first-order valence-corrected chi connectivity index (χ1v) is 11.0. The standard InChI is InChI=1S/C24H30F2N4O3/c1-15(2)18-7-5-6-8-21(18)30(17-11-13-29(14-12-17)16(3)31)24(32)28-20-10-9-19(22(25)26)27-23(20)33-4/h5-10,15,17,22H,11-14H2,1-4H3,(H,28,32). The molecule has 0 aliphatic carbocycles. The fourth-order valence-corrected chi connectivity index (χ4v) is 4.11. The zero-order valence-corrected chi connectivity index (χ0v) is 19.3. The molecule has 3 rings (SSSR count). The maximum atomic E-state index is 13.6. The Morgan fingerprint density at radius 3 is 2.39 bits per heavy atom. The second-order valence-electron chi connectivity index (χ2n) is 8.34. The van der Waals surface area contributed by atoms with E-state index in [1.165, 1.54) is 19.2 Å². The molecule has 7 nitrogen and oxygen atoms in total. The Morgan fingerprint density at radius 2 is 1.82 bits per heavy atom. The summed E-state index contributed by atoms with van der Waals surface area (Å²) in [7, 11) is 1.32. The van der Waals surface area contributed by atoms with Crippen LogP contribution in [0.3, 0.4) is 0 Å². The third-order valence-corrected chi connectivity index (χ3v) is 5.85. The number of likely N-dealkylation sites (tertiary alicyclic amines) is 1. The van der Waals surface area contributed by atoms with Gasteiger partial charge in [0.2, 0.25) is 11.8 Å². The molecule has 2 heterocycles. The Bertz CT molecular complexity index is 991. The molecule has 1 aliphatic rings. The number of alkyl halides is 2. The molecule has 0 bridgehead atoms. The summed E-state index contributed by atoms with van der Waals surface area (Å²) in [4.78, 5) is 32.7. The Hall–Kier alpha value is -3.23. The van der Waals surface area contributed by atoms with E-state index in [2.05, 4.69) is 24.1 Å². The topological polar surface area (TPSA) is 74.8 Å². The predicted molar refractivity (Wildman–Crippen MR) is 123 cm³/mol. The van der Waals surface area contributed by atoms with Crippen LogP contribution in [-0.2, 0) is 4.79 Å². The fraction of sp³-hybridized carbons (Fsp3) is 0.458. The molecule has 33 heavy (non-hydrogen) atoms. The average molecular weight is 461 g/mol. The van der Waals surface area contributed by atoms with E-state index in [4.69, 9.17) is 4.74 Å². The molecule has 0 unspecified atom stereocenters. The maximum absolute atomic E-state index is 13.6. The number of anilines is 2. The molecule has 2 aromatic rings. The fourth-order valence-electron chi connectivity index (χ4n) is 4.11. The first-order chi connectivity index (χ1) is 15.7. The van der Waals surface area contributed by atoms with Crippen LogP contribution >= 0.6 is 0 Å². The Balaban J connectivity index is 1.95. The quantitative estimate of drug-likeness (QED) is 0.643. The van der Waals surface area contributed by atoms with Gasteiger partial charge in [-0.3, -0.25) is 9.69 Å². The number of para-hydroxylation sites is 1. The number of hydrogen-bond acceptors (Lipinski definition) is 4. The van der Waals surface area contributed by atoms with Gasteiger partial charge in [-0.05, 0) is 42.5 Å². The average Bonchev–Trinajstić information content (AvgIpc) is 2.80. The van der Waals surface area contributed by atoms with Gasteiger partial charge in [0.15, 0.2) is 0 Å². The largest absolute Gasteiger partial charge is 0.480 e. The van der Waals surface area contributed by atoms with E-state index in [-0.39, 0.29) is 29.4 Å². The van der Waals surface area contributed by atoms with Crippen molar-refractivity contribution in [2.75, 3.05) is 30.4 Å². The van der Waals surface area contributed by atoms with Gasteiger partial charge in [0.05, 0.1) is 7.11 Å². The van der Waals surface area contributed by atoms with Crippen LogP contribution in [-0.4, -0.2) is 48.1 Å². The zero-order valence-electron chi connectivity index (χ0n) is 19.3. The normalized spacial score (nSPS) is 14.5. The summed E-state index contributed by atoms with van der Waals surface area (Å²) >= 11 is 0. The molecular formula is C24H30F2N4O3. The van der Waals surface area contributed by atoms with Crippen molar-refractivity contribution in [3.05, 3.63) is 47.7 Å². The van der Waals surface area contributed by atoms with Gasteiger partial charge < -0.3 is 15.0 Å². The molecule has 1 saturated heterocycles. The van der Waals surface area contributed by atoms with Crippen LogP contribution in [0.1, 0.15) is 57.2 Å². The third kappa shape index (κ3) is 5.58. The van der Waals surface area contributed by atoms with Gasteiger partial charge in [-0.2, -0.15) is 0 Å².